The van der Waals surface area contributed by atoms with Gasteiger partial charge in [-0.05, 0) is 25.2 Å². The Morgan fingerprint density at radius 2 is 2.32 bits per heavy atom. The highest BCUT2D eigenvalue weighted by atomic mass is 16.3. The van der Waals surface area contributed by atoms with Crippen molar-refractivity contribution in [2.24, 2.45) is 11.3 Å². The maximum Gasteiger partial charge on any atom is 0.239 e. The summed E-state index contributed by atoms with van der Waals surface area (Å²) >= 11 is 0. The Labute approximate surface area is 130 Å². The lowest BCUT2D eigenvalue weighted by molar-refractivity contribution is -0.135. The molecule has 3 rings (SSSR count). The van der Waals surface area contributed by atoms with Gasteiger partial charge in [-0.15, -0.1) is 5.10 Å². The zero-order chi connectivity index (χ0) is 15.6. The highest BCUT2D eigenvalue weighted by Gasteiger charge is 2.40. The lowest BCUT2D eigenvalue weighted by atomic mass is 9.76. The van der Waals surface area contributed by atoms with Crippen LogP contribution < -0.4 is 5.73 Å². The zero-order valence-corrected chi connectivity index (χ0v) is 12.9. The summed E-state index contributed by atoms with van der Waals surface area (Å²) < 4.78 is 0. The van der Waals surface area contributed by atoms with Crippen LogP contribution in [0.15, 0.2) is 0 Å². The molecule has 0 radical (unpaired) electrons. The molecule has 1 aliphatic heterocycles. The van der Waals surface area contributed by atoms with Gasteiger partial charge in [-0.3, -0.25) is 9.89 Å². The summed E-state index contributed by atoms with van der Waals surface area (Å²) in [4.78, 5) is 18.4. The van der Waals surface area contributed by atoms with Crippen molar-refractivity contribution in [3.8, 4) is 0 Å². The number of hydrogen-bond donors (Lipinski definition) is 3. The SMILES string of the molecule is Nc1n[nH]c(CCC(=O)N2CCC[C@](CO)(CC3CC3)C2)n1. The number of aliphatic hydroxyl groups is 1. The number of carbonyl (C=O) groups is 1. The number of nitrogens with two attached hydrogens (primary N) is 1. The van der Waals surface area contributed by atoms with Gasteiger partial charge in [0, 0.05) is 31.3 Å². The van der Waals surface area contributed by atoms with E-state index in [4.69, 9.17) is 5.73 Å². The minimum atomic E-state index is -0.0776. The smallest absolute Gasteiger partial charge is 0.239 e. The van der Waals surface area contributed by atoms with Crippen molar-refractivity contribution in [2.45, 2.75) is 44.9 Å². The Bertz CT molecular complexity index is 528. The number of rotatable bonds is 6. The van der Waals surface area contributed by atoms with Gasteiger partial charge in [-0.2, -0.15) is 4.98 Å². The summed E-state index contributed by atoms with van der Waals surface area (Å²) in [6.07, 6.45) is 6.56. The first kappa shape index (κ1) is 15.3. The molecule has 2 heterocycles. The van der Waals surface area contributed by atoms with Crippen LogP contribution in [-0.4, -0.2) is 50.8 Å². The summed E-state index contributed by atoms with van der Waals surface area (Å²) in [5.41, 5.74) is 5.38. The predicted molar refractivity (Wildman–Crippen MR) is 81.8 cm³/mol. The largest absolute Gasteiger partial charge is 0.396 e. The van der Waals surface area contributed by atoms with Crippen LogP contribution in [0.4, 0.5) is 5.95 Å². The molecule has 1 saturated carbocycles. The van der Waals surface area contributed by atoms with Gasteiger partial charge in [-0.25, -0.2) is 0 Å². The van der Waals surface area contributed by atoms with Gasteiger partial charge in [0.25, 0.3) is 0 Å². The Kier molecular flexibility index (Phi) is 4.33. The molecule has 1 aromatic rings. The molecule has 122 valence electrons. The van der Waals surface area contributed by atoms with Crippen LogP contribution in [0.5, 0.6) is 0 Å². The second-order valence-corrected chi connectivity index (χ2v) is 6.86. The number of nitrogens with zero attached hydrogens (tertiary/aromatic N) is 3. The van der Waals surface area contributed by atoms with Crippen LogP contribution in [0, 0.1) is 11.3 Å². The molecule has 2 fully saturated rings. The molecular formula is C15H25N5O2. The monoisotopic (exact) mass is 307 g/mol. The molecule has 0 spiro atoms. The second kappa shape index (κ2) is 6.24. The number of H-pyrrole nitrogens is 1. The summed E-state index contributed by atoms with van der Waals surface area (Å²) in [5, 5.41) is 16.3. The molecule has 1 atom stereocenters. The quantitative estimate of drug-likeness (QED) is 0.717. The molecule has 22 heavy (non-hydrogen) atoms. The number of aryl methyl sites for hydroxylation is 1. The fourth-order valence-electron chi connectivity index (χ4n) is 3.52. The number of aromatic amines is 1. The van der Waals surface area contributed by atoms with Crippen LogP contribution in [0.3, 0.4) is 0 Å². The van der Waals surface area contributed by atoms with Gasteiger partial charge in [0.05, 0.1) is 6.61 Å². The number of piperidine rings is 1. The molecule has 0 aromatic carbocycles. The number of amides is 1. The third-order valence-electron chi connectivity index (χ3n) is 4.89. The van der Waals surface area contributed by atoms with Crippen LogP contribution in [0.25, 0.3) is 0 Å². The molecule has 1 amide bonds. The average molecular weight is 307 g/mol. The molecule has 0 bridgehead atoms. The third kappa shape index (κ3) is 3.58. The number of nitrogen functional groups attached to an aromatic ring is 1. The van der Waals surface area contributed by atoms with Crippen molar-refractivity contribution in [1.82, 2.24) is 20.1 Å². The molecule has 7 heteroatoms. The van der Waals surface area contributed by atoms with E-state index in [1.165, 1.54) is 12.8 Å². The van der Waals surface area contributed by atoms with E-state index >= 15 is 0 Å². The number of anilines is 1. The van der Waals surface area contributed by atoms with Gasteiger partial charge in [0.1, 0.15) is 5.82 Å². The highest BCUT2D eigenvalue weighted by Crippen LogP contribution is 2.44. The normalized spacial score (nSPS) is 25.4. The van der Waals surface area contributed by atoms with Crippen molar-refractivity contribution < 1.29 is 9.90 Å². The molecule has 1 aromatic heterocycles. The fourth-order valence-corrected chi connectivity index (χ4v) is 3.52. The predicted octanol–water partition coefficient (Wildman–Crippen LogP) is 0.721. The molecular weight excluding hydrogens is 282 g/mol. The van der Waals surface area contributed by atoms with E-state index in [9.17, 15) is 9.90 Å². The summed E-state index contributed by atoms with van der Waals surface area (Å²) in [6, 6.07) is 0. The molecule has 0 unspecified atom stereocenters. The zero-order valence-electron chi connectivity index (χ0n) is 12.9. The molecule has 7 nitrogen and oxygen atoms in total. The first-order valence-corrected chi connectivity index (χ1v) is 8.16. The van der Waals surface area contributed by atoms with E-state index in [2.05, 4.69) is 15.2 Å². The van der Waals surface area contributed by atoms with Crippen molar-refractivity contribution in [3.05, 3.63) is 5.82 Å². The van der Waals surface area contributed by atoms with E-state index < -0.39 is 0 Å². The van der Waals surface area contributed by atoms with Crippen molar-refractivity contribution in [1.29, 1.82) is 0 Å². The van der Waals surface area contributed by atoms with Gasteiger partial charge in [0.2, 0.25) is 11.9 Å². The van der Waals surface area contributed by atoms with E-state index in [0.29, 0.717) is 25.2 Å². The number of carbonyl (C=O) groups excluding carboxylic acids is 1. The van der Waals surface area contributed by atoms with E-state index in [1.807, 2.05) is 4.90 Å². The maximum atomic E-state index is 12.4. The Balaban J connectivity index is 1.54. The van der Waals surface area contributed by atoms with Crippen LogP contribution in [0.1, 0.15) is 44.3 Å². The first-order chi connectivity index (χ1) is 10.6. The van der Waals surface area contributed by atoms with Crippen LogP contribution in [0.2, 0.25) is 0 Å². The Morgan fingerprint density at radius 3 is 2.95 bits per heavy atom. The standard InChI is InChI=1S/C15H25N5O2/c16-14-17-12(18-19-14)4-5-13(22)20-7-1-6-15(9-20,10-21)8-11-2-3-11/h11,21H,1-10H2,(H3,16,17,18,19)/t15-/m0/s1. The van der Waals surface area contributed by atoms with Gasteiger partial charge in [0.15, 0.2) is 0 Å². The minimum Gasteiger partial charge on any atom is -0.396 e. The van der Waals surface area contributed by atoms with E-state index in [-0.39, 0.29) is 23.9 Å². The number of likely N-dealkylation sites (tertiary alicyclic amines) is 1. The van der Waals surface area contributed by atoms with Gasteiger partial charge < -0.3 is 15.7 Å². The fraction of sp³-hybridized carbons (Fsp3) is 0.800. The lowest BCUT2D eigenvalue weighted by Gasteiger charge is -2.42. The van der Waals surface area contributed by atoms with Gasteiger partial charge in [-0.1, -0.05) is 12.8 Å². The number of aliphatic hydroxyl groups excluding tert-OH is 1. The van der Waals surface area contributed by atoms with Crippen LogP contribution in [-0.2, 0) is 11.2 Å². The second-order valence-electron chi connectivity index (χ2n) is 6.86. The lowest BCUT2D eigenvalue weighted by Crippen LogP contribution is -2.48. The number of aromatic nitrogens is 3. The maximum absolute atomic E-state index is 12.4. The van der Waals surface area contributed by atoms with Crippen molar-refractivity contribution in [3.63, 3.8) is 0 Å². The third-order valence-corrected chi connectivity index (χ3v) is 4.89. The number of nitrogens with one attached hydrogen (secondary N) is 1. The summed E-state index contributed by atoms with van der Waals surface area (Å²) in [6.45, 7) is 1.67. The number of hydrogen-bond acceptors (Lipinski definition) is 5. The average Bonchev–Trinajstić information content (AvgIpc) is 3.24. The van der Waals surface area contributed by atoms with E-state index in [0.717, 1.165) is 31.7 Å². The highest BCUT2D eigenvalue weighted by molar-refractivity contribution is 5.76. The molecule has 2 aliphatic rings. The topological polar surface area (TPSA) is 108 Å². The first-order valence-electron chi connectivity index (χ1n) is 8.16. The molecule has 1 aliphatic carbocycles. The van der Waals surface area contributed by atoms with Crippen molar-refractivity contribution >= 4 is 11.9 Å². The van der Waals surface area contributed by atoms with Crippen molar-refractivity contribution in [2.75, 3.05) is 25.4 Å². The summed E-state index contributed by atoms with van der Waals surface area (Å²) in [7, 11) is 0. The van der Waals surface area contributed by atoms with E-state index in [1.54, 1.807) is 0 Å². The Morgan fingerprint density at radius 1 is 1.50 bits per heavy atom. The Hall–Kier alpha value is -1.63. The molecule has 1 saturated heterocycles. The summed E-state index contributed by atoms with van der Waals surface area (Å²) in [5.74, 6) is 1.75. The van der Waals surface area contributed by atoms with Crippen LogP contribution >= 0.6 is 0 Å². The minimum absolute atomic E-state index is 0.0776. The van der Waals surface area contributed by atoms with Gasteiger partial charge >= 0.3 is 0 Å². The molecule has 4 N–H and O–H groups in total.